The summed E-state index contributed by atoms with van der Waals surface area (Å²) in [5, 5.41) is 40.1. The summed E-state index contributed by atoms with van der Waals surface area (Å²) < 4.78 is 47.1. The van der Waals surface area contributed by atoms with Crippen molar-refractivity contribution in [1.82, 2.24) is 0 Å². The molecule has 0 spiro atoms. The second-order valence-electron chi connectivity index (χ2n) is 9.02. The Morgan fingerprint density at radius 1 is 0.756 bits per heavy atom. The number of carbonyl (C=O) groups is 2. The van der Waals surface area contributed by atoms with Crippen molar-refractivity contribution in [3.63, 3.8) is 0 Å². The minimum Gasteiger partial charge on any atom is -0.756 e. The molecule has 1 saturated carbocycles. The molecule has 1 fully saturated rings. The van der Waals surface area contributed by atoms with E-state index in [0.717, 1.165) is 25.7 Å². The van der Waals surface area contributed by atoms with Crippen LogP contribution in [0, 0.1) is 0 Å². The summed E-state index contributed by atoms with van der Waals surface area (Å²) in [5.74, 6) is -1.31. The Morgan fingerprint density at radius 3 is 1.73 bits per heavy atom. The molecule has 0 heterocycles. The van der Waals surface area contributed by atoms with Crippen LogP contribution in [0.25, 0.3) is 0 Å². The number of unbranched alkanes of at least 4 members (excludes halogenated alkanes) is 4. The predicted octanol–water partition coefficient (Wildman–Crippen LogP) is -7.22. The van der Waals surface area contributed by atoms with E-state index in [2.05, 4.69) is 13.6 Å². The number of rotatable bonds is 18. The quantitative estimate of drug-likeness (QED) is 0.0398. The fraction of sp³-hybridized carbons (Fsp3) is 0.905. The van der Waals surface area contributed by atoms with E-state index < -0.39 is 83.5 Å². The zero-order valence-corrected chi connectivity index (χ0v) is 29.5. The van der Waals surface area contributed by atoms with Gasteiger partial charge < -0.3 is 58.2 Å². The van der Waals surface area contributed by atoms with Crippen LogP contribution in [0.5, 0.6) is 0 Å². The summed E-state index contributed by atoms with van der Waals surface area (Å²) in [6.07, 6.45) is -10.8. The van der Waals surface area contributed by atoms with Gasteiger partial charge in [0.05, 0.1) is 6.61 Å². The Kier molecular flexibility index (Phi) is 23.3. The van der Waals surface area contributed by atoms with Gasteiger partial charge in [-0.1, -0.05) is 39.5 Å². The Labute approximate surface area is 282 Å². The molecule has 0 radical (unpaired) electrons. The van der Waals surface area contributed by atoms with Gasteiger partial charge in [0.15, 0.2) is 6.10 Å². The third kappa shape index (κ3) is 17.3. The molecule has 0 aliphatic heterocycles. The molecule has 41 heavy (non-hydrogen) atoms. The van der Waals surface area contributed by atoms with Crippen LogP contribution < -0.4 is 68.9 Å². The van der Waals surface area contributed by atoms with E-state index in [9.17, 15) is 48.9 Å². The van der Waals surface area contributed by atoms with Crippen LogP contribution in [0.15, 0.2) is 0 Å². The second kappa shape index (κ2) is 21.7. The molecular weight excluding hydrogens is 616 g/mol. The summed E-state index contributed by atoms with van der Waals surface area (Å²) in [4.78, 5) is 56.4. The Bertz CT molecular complexity index is 861. The fourth-order valence-electron chi connectivity index (χ4n) is 3.60. The van der Waals surface area contributed by atoms with Gasteiger partial charge in [-0.3, -0.25) is 18.7 Å². The number of hydrogen-bond donors (Lipinski definition) is 5. The first-order chi connectivity index (χ1) is 18.1. The van der Waals surface area contributed by atoms with Crippen LogP contribution >= 0.6 is 15.6 Å². The summed E-state index contributed by atoms with van der Waals surface area (Å²) in [7, 11) is -11.1. The van der Waals surface area contributed by atoms with Crippen LogP contribution in [0.2, 0.25) is 0 Å². The molecule has 1 rings (SSSR count). The molecule has 9 atom stereocenters. The molecule has 0 aromatic rings. The number of aliphatic hydroxyl groups excluding tert-OH is 4. The van der Waals surface area contributed by atoms with Crippen molar-refractivity contribution in [1.29, 1.82) is 0 Å². The first kappa shape index (κ1) is 44.1. The molecule has 0 amide bonds. The molecule has 5 N–H and O–H groups in total. The number of carbonyl (C=O) groups excluding carboxylic acids is 2. The van der Waals surface area contributed by atoms with Crippen molar-refractivity contribution in [2.24, 2.45) is 0 Å². The normalized spacial score (nSPS) is 27.7. The van der Waals surface area contributed by atoms with Gasteiger partial charge in [0.1, 0.15) is 43.2 Å². The van der Waals surface area contributed by atoms with Crippen LogP contribution in [0.4, 0.5) is 0 Å². The van der Waals surface area contributed by atoms with Crippen molar-refractivity contribution in [3.05, 3.63) is 0 Å². The second-order valence-corrected chi connectivity index (χ2v) is 11.5. The van der Waals surface area contributed by atoms with E-state index in [1.54, 1.807) is 0 Å². The molecule has 1 aliphatic carbocycles. The smallest absolute Gasteiger partial charge is 0.756 e. The molecule has 230 valence electrons. The third-order valence-electron chi connectivity index (χ3n) is 5.67. The van der Waals surface area contributed by atoms with Crippen molar-refractivity contribution in [2.45, 2.75) is 108 Å². The van der Waals surface area contributed by atoms with Gasteiger partial charge in [-0.25, -0.2) is 0 Å². The van der Waals surface area contributed by atoms with Gasteiger partial charge in [0, 0.05) is 12.8 Å². The molecule has 0 aromatic heterocycles. The maximum absolute atomic E-state index is 12.4. The van der Waals surface area contributed by atoms with Gasteiger partial charge in [-0.05, 0) is 12.8 Å². The van der Waals surface area contributed by atoms with Crippen LogP contribution in [0.3, 0.4) is 0 Å². The van der Waals surface area contributed by atoms with Crippen molar-refractivity contribution < 1.29 is 136 Å². The Hall–Kier alpha value is 1.00. The first-order valence-corrected chi connectivity index (χ1v) is 15.5. The Balaban J connectivity index is 0. The molecule has 1 aliphatic rings. The summed E-state index contributed by atoms with van der Waals surface area (Å²) in [6, 6.07) is 0. The van der Waals surface area contributed by atoms with E-state index >= 15 is 0 Å². The van der Waals surface area contributed by atoms with E-state index in [4.69, 9.17) is 14.4 Å². The largest absolute Gasteiger partial charge is 1.00 e. The van der Waals surface area contributed by atoms with Crippen LogP contribution in [-0.4, -0.2) is 93.2 Å². The maximum Gasteiger partial charge on any atom is 1.00 e. The maximum atomic E-state index is 12.4. The minimum atomic E-state index is -5.59. The standard InChI is InChI=1S/C21H40O16P2.2Na/c1-3-5-7-9-14(22)33-11-13(35-15(23)10-8-6-4-2)12-34-39(31,32)37-21-18(26)16(24)17(25)20(19(21)27)36-38(28,29)30;;/h13,16-21,24-27H,3-12H2,1-2H3,(H,31,32)(H2,28,29,30);;/q;2*+1/p-2/t13-,16-,17-,18-,19-,20+,21-;;/m1../s1. The van der Waals surface area contributed by atoms with E-state index in [0.29, 0.717) is 12.8 Å². The van der Waals surface area contributed by atoms with E-state index in [1.165, 1.54) is 0 Å². The summed E-state index contributed by atoms with van der Waals surface area (Å²) in [6.45, 7) is 2.41. The molecule has 2 unspecified atom stereocenters. The number of aliphatic hydroxyl groups is 4. The fourth-order valence-corrected chi connectivity index (χ4v) is 5.11. The van der Waals surface area contributed by atoms with Crippen molar-refractivity contribution in [2.75, 3.05) is 13.2 Å². The van der Waals surface area contributed by atoms with E-state index in [-0.39, 0.29) is 72.0 Å². The minimum absolute atomic E-state index is 0. The van der Waals surface area contributed by atoms with Crippen LogP contribution in [-0.2, 0) is 41.8 Å². The first-order valence-electron chi connectivity index (χ1n) is 12.5. The Morgan fingerprint density at radius 2 is 1.24 bits per heavy atom. The zero-order valence-electron chi connectivity index (χ0n) is 23.7. The molecule has 0 saturated heterocycles. The average Bonchev–Trinajstić information content (AvgIpc) is 2.85. The topological polar surface area (TPSA) is 262 Å². The molecule has 20 heteroatoms. The SMILES string of the molecule is CCCCCC(=O)OC[C@H](COP(=O)([O-])O[C@H]1[C@H](O)[C@@H](OP(=O)([O-])O)[C@H](O)[C@@H](O)[C@H]1O)OC(=O)CCCCC.[Na+].[Na+]. The summed E-state index contributed by atoms with van der Waals surface area (Å²) >= 11 is 0. The number of ether oxygens (including phenoxy) is 2. The van der Waals surface area contributed by atoms with E-state index in [1.807, 2.05) is 13.8 Å². The molecule has 0 bridgehead atoms. The molecule has 0 aromatic carbocycles. The number of esters is 2. The average molecular weight is 654 g/mol. The van der Waals surface area contributed by atoms with Crippen molar-refractivity contribution in [3.8, 4) is 0 Å². The van der Waals surface area contributed by atoms with Crippen LogP contribution in [0.1, 0.15) is 65.2 Å². The van der Waals surface area contributed by atoms with Crippen molar-refractivity contribution >= 4 is 27.6 Å². The zero-order chi connectivity index (χ0) is 29.8. The number of phosphoric acid groups is 2. The monoisotopic (exact) mass is 654 g/mol. The van der Waals surface area contributed by atoms with Gasteiger partial charge in [-0.2, -0.15) is 0 Å². The molecular formula is C21H38Na2O16P2. The summed E-state index contributed by atoms with van der Waals surface area (Å²) in [5.41, 5.74) is 0. The predicted molar refractivity (Wildman–Crippen MR) is 126 cm³/mol. The third-order valence-corrected chi connectivity index (χ3v) is 7.14. The molecule has 16 nitrogen and oxygen atoms in total. The number of phosphoric ester groups is 2. The van der Waals surface area contributed by atoms with Gasteiger partial charge in [0.25, 0.3) is 15.6 Å². The number of hydrogen-bond acceptors (Lipinski definition) is 15. The van der Waals surface area contributed by atoms with Gasteiger partial charge >= 0.3 is 71.1 Å². The van der Waals surface area contributed by atoms with Gasteiger partial charge in [0.2, 0.25) is 0 Å². The van der Waals surface area contributed by atoms with Gasteiger partial charge in [-0.15, -0.1) is 0 Å².